The number of alkyl carbamates (subject to hydrolysis) is 1. The number of nitrogens with zero attached hydrogens (tertiary/aromatic N) is 3. The van der Waals surface area contributed by atoms with E-state index in [1.807, 2.05) is 0 Å². The number of hydrogen-bond donors (Lipinski definition) is 2. The predicted octanol–water partition coefficient (Wildman–Crippen LogP) is 2.04. The second kappa shape index (κ2) is 8.15. The Morgan fingerprint density at radius 3 is 2.57 bits per heavy atom. The van der Waals surface area contributed by atoms with E-state index in [0.717, 1.165) is 0 Å². The maximum absolute atomic E-state index is 12.7. The van der Waals surface area contributed by atoms with Crippen LogP contribution in [0.1, 0.15) is 43.9 Å². The van der Waals surface area contributed by atoms with Crippen LogP contribution in [0.25, 0.3) is 0 Å². The van der Waals surface area contributed by atoms with Gasteiger partial charge in [-0.2, -0.15) is 0 Å². The molecule has 0 saturated heterocycles. The highest BCUT2D eigenvalue weighted by atomic mass is 16.6. The number of carbonyl (C=O) groups is 3. The van der Waals surface area contributed by atoms with Crippen LogP contribution in [-0.4, -0.2) is 46.4 Å². The van der Waals surface area contributed by atoms with Crippen molar-refractivity contribution >= 4 is 23.7 Å². The number of rotatable bonds is 5. The summed E-state index contributed by atoms with van der Waals surface area (Å²) >= 11 is 0. The largest absolute Gasteiger partial charge is 0.444 e. The summed E-state index contributed by atoms with van der Waals surface area (Å²) in [5.74, 6) is 0.00399. The second-order valence-electron chi connectivity index (χ2n) is 7.27. The molecule has 1 unspecified atom stereocenters. The highest BCUT2D eigenvalue weighted by Crippen LogP contribution is 2.15. The minimum Gasteiger partial charge on any atom is -0.444 e. The van der Waals surface area contributed by atoms with Gasteiger partial charge in [-0.25, -0.2) is 4.79 Å². The summed E-state index contributed by atoms with van der Waals surface area (Å²) in [6.07, 6.45) is 0.813. The zero-order chi connectivity index (χ0) is 21.1. The first-order valence-corrected chi connectivity index (χ1v) is 8.67. The fourth-order valence-corrected chi connectivity index (χ4v) is 2.21. The number of aryl methyl sites for hydroxylation is 1. The summed E-state index contributed by atoms with van der Waals surface area (Å²) in [4.78, 5) is 38.2. The molecule has 152 valence electrons. The Hall–Kier alpha value is -3.30. The van der Waals surface area contributed by atoms with Gasteiger partial charge in [0.25, 0.3) is 11.8 Å². The lowest BCUT2D eigenvalue weighted by atomic mass is 10.2. The molecule has 0 bridgehead atoms. The fraction of sp³-hybridized carbons (Fsp3) is 0.444. The Labute approximate surface area is 162 Å². The molecule has 3 amide bonds. The Bertz CT molecular complexity index is 864. The van der Waals surface area contributed by atoms with Gasteiger partial charge in [-0.05, 0) is 46.8 Å². The van der Waals surface area contributed by atoms with Gasteiger partial charge in [-0.15, -0.1) is 0 Å². The summed E-state index contributed by atoms with van der Waals surface area (Å²) in [6.45, 7) is 8.40. The first kappa shape index (κ1) is 21.0. The zero-order valence-corrected chi connectivity index (χ0v) is 16.8. The molecular formula is C18H25N5O5. The molecule has 10 nitrogen and oxygen atoms in total. The number of hydrogen-bond acceptors (Lipinski definition) is 6. The summed E-state index contributed by atoms with van der Waals surface area (Å²) in [7, 11) is 1.55. The van der Waals surface area contributed by atoms with Crippen molar-refractivity contribution in [3.05, 3.63) is 35.9 Å². The van der Waals surface area contributed by atoms with Gasteiger partial charge < -0.3 is 14.6 Å². The van der Waals surface area contributed by atoms with Crippen molar-refractivity contribution in [3.63, 3.8) is 0 Å². The Morgan fingerprint density at radius 1 is 1.32 bits per heavy atom. The third-order valence-corrected chi connectivity index (χ3v) is 3.59. The van der Waals surface area contributed by atoms with Crippen LogP contribution in [0.4, 0.5) is 10.6 Å². The van der Waals surface area contributed by atoms with E-state index in [9.17, 15) is 14.4 Å². The first-order chi connectivity index (χ1) is 13.0. The number of aromatic nitrogens is 2. The average molecular weight is 391 g/mol. The maximum Gasteiger partial charge on any atom is 0.408 e. The van der Waals surface area contributed by atoms with Crippen LogP contribution in [0.2, 0.25) is 0 Å². The molecule has 28 heavy (non-hydrogen) atoms. The van der Waals surface area contributed by atoms with E-state index in [-0.39, 0.29) is 5.69 Å². The van der Waals surface area contributed by atoms with Crippen LogP contribution >= 0.6 is 0 Å². The topological polar surface area (TPSA) is 119 Å². The van der Waals surface area contributed by atoms with Gasteiger partial charge in [0.2, 0.25) is 0 Å². The number of ether oxygens (including phenoxy) is 1. The molecule has 2 aromatic rings. The van der Waals surface area contributed by atoms with Crippen molar-refractivity contribution in [2.45, 2.75) is 46.3 Å². The molecule has 0 saturated carbocycles. The SMILES string of the molecule is Cc1cc(N(C)C(=O)c2cccn2NC(=O)C(C)NC(=O)OC(C)(C)C)no1. The predicted molar refractivity (Wildman–Crippen MR) is 102 cm³/mol. The van der Waals surface area contributed by atoms with Crippen LogP contribution in [0, 0.1) is 6.92 Å². The molecule has 0 fully saturated rings. The molecule has 0 radical (unpaired) electrons. The summed E-state index contributed by atoms with van der Waals surface area (Å²) in [6, 6.07) is 3.91. The van der Waals surface area contributed by atoms with Crippen molar-refractivity contribution in [1.82, 2.24) is 15.1 Å². The highest BCUT2D eigenvalue weighted by molar-refractivity contribution is 6.04. The fourth-order valence-electron chi connectivity index (χ4n) is 2.21. The maximum atomic E-state index is 12.7. The Morgan fingerprint density at radius 2 is 2.00 bits per heavy atom. The molecule has 0 aliphatic rings. The molecular weight excluding hydrogens is 366 g/mol. The smallest absolute Gasteiger partial charge is 0.408 e. The van der Waals surface area contributed by atoms with Gasteiger partial charge in [0.1, 0.15) is 23.1 Å². The van der Waals surface area contributed by atoms with Crippen molar-refractivity contribution in [2.75, 3.05) is 17.4 Å². The van der Waals surface area contributed by atoms with E-state index in [2.05, 4.69) is 15.9 Å². The second-order valence-corrected chi connectivity index (χ2v) is 7.27. The third-order valence-electron chi connectivity index (χ3n) is 3.59. The van der Waals surface area contributed by atoms with Crippen molar-refractivity contribution in [3.8, 4) is 0 Å². The molecule has 0 aromatic carbocycles. The minimum absolute atomic E-state index is 0.209. The monoisotopic (exact) mass is 391 g/mol. The summed E-state index contributed by atoms with van der Waals surface area (Å²) in [5.41, 5.74) is 2.10. The van der Waals surface area contributed by atoms with E-state index in [4.69, 9.17) is 9.26 Å². The number of amides is 3. The molecule has 2 rings (SSSR count). The van der Waals surface area contributed by atoms with E-state index in [0.29, 0.717) is 11.6 Å². The van der Waals surface area contributed by atoms with Gasteiger partial charge in [0.05, 0.1) is 0 Å². The van der Waals surface area contributed by atoms with Gasteiger partial charge >= 0.3 is 6.09 Å². The van der Waals surface area contributed by atoms with E-state index in [1.165, 1.54) is 22.7 Å². The van der Waals surface area contributed by atoms with Crippen molar-refractivity contribution < 1.29 is 23.6 Å². The van der Waals surface area contributed by atoms with Crippen molar-refractivity contribution in [2.24, 2.45) is 0 Å². The van der Waals surface area contributed by atoms with E-state index >= 15 is 0 Å². The molecule has 2 N–H and O–H groups in total. The molecule has 2 aromatic heterocycles. The van der Waals surface area contributed by atoms with Gasteiger partial charge in [0.15, 0.2) is 5.82 Å². The van der Waals surface area contributed by atoms with Gasteiger partial charge in [0, 0.05) is 19.3 Å². The zero-order valence-electron chi connectivity index (χ0n) is 16.8. The van der Waals surface area contributed by atoms with Crippen LogP contribution in [0.5, 0.6) is 0 Å². The van der Waals surface area contributed by atoms with Gasteiger partial charge in [-0.3, -0.25) is 24.6 Å². The Kier molecular flexibility index (Phi) is 6.12. The quantitative estimate of drug-likeness (QED) is 0.805. The first-order valence-electron chi connectivity index (χ1n) is 8.67. The molecule has 0 aliphatic heterocycles. The number of anilines is 1. The van der Waals surface area contributed by atoms with Crippen LogP contribution in [0.15, 0.2) is 28.9 Å². The summed E-state index contributed by atoms with van der Waals surface area (Å²) in [5, 5.41) is 6.24. The number of carbonyl (C=O) groups excluding carboxylic acids is 3. The van der Waals surface area contributed by atoms with Crippen LogP contribution in [0.3, 0.4) is 0 Å². The standard InChI is InChI=1S/C18H25N5O5/c1-11-10-14(21-28-11)22(6)16(25)13-8-7-9-23(13)20-15(24)12(2)19-17(26)27-18(3,4)5/h7-10,12H,1-6H3,(H,19,26)(H,20,24). The minimum atomic E-state index is -0.879. The molecule has 0 aliphatic carbocycles. The lowest BCUT2D eigenvalue weighted by molar-refractivity contribution is -0.118. The molecule has 10 heteroatoms. The Balaban J connectivity index is 2.04. The normalized spacial score (nSPS) is 12.2. The van der Waals surface area contributed by atoms with Crippen LogP contribution in [-0.2, 0) is 9.53 Å². The molecule has 1 atom stereocenters. The highest BCUT2D eigenvalue weighted by Gasteiger charge is 2.24. The van der Waals surface area contributed by atoms with E-state index in [1.54, 1.807) is 52.9 Å². The van der Waals surface area contributed by atoms with Gasteiger partial charge in [-0.1, -0.05) is 5.16 Å². The molecule has 0 spiro atoms. The molecule has 2 heterocycles. The third kappa shape index (κ3) is 5.35. The lowest BCUT2D eigenvalue weighted by Crippen LogP contribution is -2.46. The van der Waals surface area contributed by atoms with E-state index < -0.39 is 29.6 Å². The van der Waals surface area contributed by atoms with Crippen LogP contribution < -0.4 is 15.6 Å². The summed E-state index contributed by atoms with van der Waals surface area (Å²) < 4.78 is 11.4. The average Bonchev–Trinajstić information content (AvgIpc) is 3.20. The number of nitrogens with one attached hydrogen (secondary N) is 2. The lowest BCUT2D eigenvalue weighted by Gasteiger charge is -2.22. The van der Waals surface area contributed by atoms with Crippen molar-refractivity contribution in [1.29, 1.82) is 0 Å².